The van der Waals surface area contributed by atoms with E-state index < -0.39 is 23.5 Å². The normalized spacial score (nSPS) is 33.5. The molecule has 0 aromatic carbocycles. The van der Waals surface area contributed by atoms with Gasteiger partial charge in [0.2, 0.25) is 11.8 Å². The van der Waals surface area contributed by atoms with Gasteiger partial charge in [0.15, 0.2) is 0 Å². The first-order valence-corrected chi connectivity index (χ1v) is 15.0. The molecule has 0 radical (unpaired) electrons. The van der Waals surface area contributed by atoms with Gasteiger partial charge < -0.3 is 30.3 Å². The molecule has 5 heterocycles. The minimum atomic E-state index is -0.843. The average molecular weight is 562 g/mol. The third kappa shape index (κ3) is 5.35. The highest BCUT2D eigenvalue weighted by Gasteiger charge is 2.63. The quantitative estimate of drug-likeness (QED) is 0.443. The van der Waals surface area contributed by atoms with Gasteiger partial charge in [-0.3, -0.25) is 19.4 Å². The molecule has 3 amide bonds. The number of ether oxygens (including phenoxy) is 2. The first-order valence-electron chi connectivity index (χ1n) is 14.1. The van der Waals surface area contributed by atoms with Crippen molar-refractivity contribution in [2.45, 2.75) is 77.7 Å². The number of thiazole rings is 1. The standard InChI is InChI=1S/C28H43N5O5S/c1-17(37-14-27-8-6-18(7-9-27)38-15-27)21(23(35)29-5)32-22(34)19-11-33(24(36)20-10-30-16-39-20)13-28(19)12-31-25(28)26(2,3)4/h10,16-19,21,25,31H,6-9,11-15H2,1-5H3,(H,29,35)(H,32,34)/t17-,18?,19?,21+,25+,27?,28?/m1/s1. The van der Waals surface area contributed by atoms with E-state index in [1.165, 1.54) is 11.3 Å². The highest BCUT2D eigenvalue weighted by atomic mass is 32.1. The zero-order valence-corrected chi connectivity index (χ0v) is 24.6. The molecule has 1 saturated carbocycles. The van der Waals surface area contributed by atoms with Gasteiger partial charge in [0.1, 0.15) is 10.9 Å². The number of rotatable bonds is 8. The molecule has 3 N–H and O–H groups in total. The molecule has 5 aliphatic rings. The summed E-state index contributed by atoms with van der Waals surface area (Å²) in [5.41, 5.74) is 1.10. The Kier molecular flexibility index (Phi) is 7.82. The van der Waals surface area contributed by atoms with Gasteiger partial charge in [0, 0.05) is 43.6 Å². The number of likely N-dealkylation sites (N-methyl/N-ethyl adjacent to an activating group) is 1. The Morgan fingerprint density at radius 2 is 2.05 bits per heavy atom. The van der Waals surface area contributed by atoms with Crippen LogP contribution in [0.2, 0.25) is 0 Å². The number of nitrogens with one attached hydrogen (secondary N) is 3. The molecule has 1 aliphatic carbocycles. The fourth-order valence-corrected chi connectivity index (χ4v) is 7.81. The van der Waals surface area contributed by atoms with Crippen LogP contribution in [0.1, 0.15) is 63.0 Å². The third-order valence-electron chi connectivity index (χ3n) is 9.47. The van der Waals surface area contributed by atoms with E-state index in [0.29, 0.717) is 43.8 Å². The topological polar surface area (TPSA) is 122 Å². The van der Waals surface area contributed by atoms with Crippen LogP contribution in [0.25, 0.3) is 0 Å². The number of carbonyl (C=O) groups excluding carboxylic acids is 3. The van der Waals surface area contributed by atoms with Gasteiger partial charge in [-0.05, 0) is 38.0 Å². The number of hydrogen-bond acceptors (Lipinski definition) is 8. The number of fused-ring (bicyclic) bond motifs is 3. The monoisotopic (exact) mass is 561 g/mol. The van der Waals surface area contributed by atoms with Gasteiger partial charge in [0.05, 0.1) is 43.0 Å². The van der Waals surface area contributed by atoms with Gasteiger partial charge in [-0.15, -0.1) is 11.3 Å². The molecule has 39 heavy (non-hydrogen) atoms. The van der Waals surface area contributed by atoms with Crippen molar-refractivity contribution in [1.29, 1.82) is 0 Å². The van der Waals surface area contributed by atoms with Crippen LogP contribution in [-0.4, -0.2) is 91.8 Å². The van der Waals surface area contributed by atoms with E-state index >= 15 is 0 Å². The van der Waals surface area contributed by atoms with Crippen molar-refractivity contribution in [3.8, 4) is 0 Å². The summed E-state index contributed by atoms with van der Waals surface area (Å²) in [6, 6.07) is -0.795. The molecule has 4 aliphatic heterocycles. The molecule has 2 bridgehead atoms. The number of carbonyl (C=O) groups is 3. The lowest BCUT2D eigenvalue weighted by Gasteiger charge is -2.56. The summed E-state index contributed by atoms with van der Waals surface area (Å²) < 4.78 is 12.2. The number of aromatic nitrogens is 1. The molecule has 6 rings (SSSR count). The molecule has 2 unspecified atom stereocenters. The molecular formula is C28H43N5O5S. The van der Waals surface area contributed by atoms with Crippen molar-refractivity contribution >= 4 is 29.1 Å². The molecular weight excluding hydrogens is 518 g/mol. The largest absolute Gasteiger partial charge is 0.378 e. The number of nitrogens with zero attached hydrogens (tertiary/aromatic N) is 2. The SMILES string of the molecule is CNC(=O)[C@@H](NC(=O)C1CN(C(=O)c2cncs2)CC12CN[C@H]2C(C)(C)C)[C@@H](C)OCC12CCC(CC1)OC2. The number of likely N-dealkylation sites (tertiary alicyclic amines) is 1. The van der Waals surface area contributed by atoms with Crippen LogP contribution in [0.15, 0.2) is 11.7 Å². The van der Waals surface area contributed by atoms with Crippen LogP contribution in [0.3, 0.4) is 0 Å². The van der Waals surface area contributed by atoms with Crippen LogP contribution in [0.5, 0.6) is 0 Å². The zero-order valence-electron chi connectivity index (χ0n) is 23.7. The lowest BCUT2D eigenvalue weighted by atomic mass is 9.58. The predicted octanol–water partition coefficient (Wildman–Crippen LogP) is 1.81. The molecule has 1 aromatic rings. The van der Waals surface area contributed by atoms with Crippen molar-refractivity contribution < 1.29 is 23.9 Å². The molecule has 10 nitrogen and oxygen atoms in total. The van der Waals surface area contributed by atoms with Gasteiger partial charge in [-0.2, -0.15) is 0 Å². The Bertz CT molecular complexity index is 1050. The summed E-state index contributed by atoms with van der Waals surface area (Å²) in [5, 5.41) is 9.28. The van der Waals surface area contributed by atoms with Crippen LogP contribution >= 0.6 is 11.3 Å². The van der Waals surface area contributed by atoms with Crippen LogP contribution in [0.4, 0.5) is 0 Å². The highest BCUT2D eigenvalue weighted by molar-refractivity contribution is 7.11. The Labute approximate surface area is 235 Å². The second-order valence-corrected chi connectivity index (χ2v) is 14.0. The van der Waals surface area contributed by atoms with Crippen molar-refractivity contribution in [3.05, 3.63) is 16.6 Å². The van der Waals surface area contributed by atoms with Crippen LogP contribution in [-0.2, 0) is 19.1 Å². The second kappa shape index (κ2) is 10.7. The molecule has 5 atom stereocenters. The molecule has 5 fully saturated rings. The van der Waals surface area contributed by atoms with Crippen molar-refractivity contribution in [1.82, 2.24) is 25.8 Å². The lowest BCUT2D eigenvalue weighted by molar-refractivity contribution is -0.155. The van der Waals surface area contributed by atoms with E-state index in [9.17, 15) is 14.4 Å². The minimum absolute atomic E-state index is 0.00911. The predicted molar refractivity (Wildman–Crippen MR) is 147 cm³/mol. The van der Waals surface area contributed by atoms with E-state index in [-0.39, 0.29) is 34.6 Å². The fourth-order valence-electron chi connectivity index (χ4n) is 7.22. The van der Waals surface area contributed by atoms with Crippen LogP contribution < -0.4 is 16.0 Å². The van der Waals surface area contributed by atoms with Gasteiger partial charge in [-0.25, -0.2) is 0 Å². The summed E-state index contributed by atoms with van der Waals surface area (Å²) in [7, 11) is 1.57. The van der Waals surface area contributed by atoms with E-state index in [1.54, 1.807) is 23.7 Å². The van der Waals surface area contributed by atoms with Gasteiger partial charge in [-0.1, -0.05) is 20.8 Å². The van der Waals surface area contributed by atoms with Gasteiger partial charge in [0.25, 0.3) is 5.91 Å². The van der Waals surface area contributed by atoms with E-state index in [1.807, 2.05) is 6.92 Å². The van der Waals surface area contributed by atoms with Crippen molar-refractivity contribution in [3.63, 3.8) is 0 Å². The highest BCUT2D eigenvalue weighted by Crippen LogP contribution is 2.50. The van der Waals surface area contributed by atoms with Gasteiger partial charge >= 0.3 is 0 Å². The smallest absolute Gasteiger partial charge is 0.265 e. The minimum Gasteiger partial charge on any atom is -0.378 e. The Morgan fingerprint density at radius 3 is 2.59 bits per heavy atom. The Morgan fingerprint density at radius 1 is 1.31 bits per heavy atom. The summed E-state index contributed by atoms with van der Waals surface area (Å²) >= 11 is 1.31. The summed E-state index contributed by atoms with van der Waals surface area (Å²) in [5.74, 6) is -1.07. The van der Waals surface area contributed by atoms with Crippen molar-refractivity contribution in [2.75, 3.05) is 39.9 Å². The third-order valence-corrected chi connectivity index (χ3v) is 10.2. The molecule has 216 valence electrons. The van der Waals surface area contributed by atoms with E-state index in [4.69, 9.17) is 9.47 Å². The summed E-state index contributed by atoms with van der Waals surface area (Å²) in [6.45, 7) is 10.9. The number of amides is 3. The maximum Gasteiger partial charge on any atom is 0.265 e. The summed E-state index contributed by atoms with van der Waals surface area (Å²) in [6.07, 6.45) is 5.67. The fraction of sp³-hybridized carbons (Fsp3) is 0.786. The van der Waals surface area contributed by atoms with Crippen LogP contribution in [0, 0.1) is 22.2 Å². The summed E-state index contributed by atoms with van der Waals surface area (Å²) in [4.78, 5) is 46.7. The lowest BCUT2D eigenvalue weighted by Crippen LogP contribution is -2.72. The van der Waals surface area contributed by atoms with Crippen molar-refractivity contribution in [2.24, 2.45) is 22.2 Å². The maximum atomic E-state index is 14.0. The Hall–Kier alpha value is -2.08. The average Bonchev–Trinajstić information content (AvgIpc) is 3.59. The molecule has 1 aromatic heterocycles. The molecule has 1 spiro atoms. The maximum absolute atomic E-state index is 14.0. The first-order chi connectivity index (χ1) is 18.5. The zero-order chi connectivity index (χ0) is 28.0. The number of hydrogen-bond donors (Lipinski definition) is 3. The van der Waals surface area contributed by atoms with E-state index in [0.717, 1.165) is 25.7 Å². The Balaban J connectivity index is 1.32. The van der Waals surface area contributed by atoms with E-state index in [2.05, 4.69) is 41.7 Å². The second-order valence-electron chi connectivity index (χ2n) is 13.1. The molecule has 11 heteroatoms. The first kappa shape index (κ1) is 28.4. The molecule has 4 saturated heterocycles.